The van der Waals surface area contributed by atoms with Crippen LogP contribution in [0.4, 0.5) is 5.69 Å². The Labute approximate surface area is 121 Å². The van der Waals surface area contributed by atoms with E-state index in [0.717, 1.165) is 35.9 Å². The van der Waals surface area contributed by atoms with Crippen molar-refractivity contribution in [3.63, 3.8) is 0 Å². The van der Waals surface area contributed by atoms with Crippen LogP contribution in [0.1, 0.15) is 35.4 Å². The maximum absolute atomic E-state index is 12.1. The summed E-state index contributed by atoms with van der Waals surface area (Å²) in [5, 5.41) is 12.4. The van der Waals surface area contributed by atoms with Crippen molar-refractivity contribution >= 4 is 33.1 Å². The number of amides is 1. The van der Waals surface area contributed by atoms with E-state index in [1.807, 2.05) is 12.1 Å². The molecule has 4 N–H and O–H groups in total. The molecule has 0 bridgehead atoms. The van der Waals surface area contributed by atoms with Gasteiger partial charge in [-0.15, -0.1) is 11.3 Å². The molecule has 0 aliphatic rings. The summed E-state index contributed by atoms with van der Waals surface area (Å²) >= 11 is 1.32. The van der Waals surface area contributed by atoms with Crippen molar-refractivity contribution < 1.29 is 9.90 Å². The summed E-state index contributed by atoms with van der Waals surface area (Å²) in [6, 6.07) is 3.69. The van der Waals surface area contributed by atoms with Crippen molar-refractivity contribution in [2.45, 2.75) is 25.7 Å². The Morgan fingerprint density at radius 2 is 2.15 bits per heavy atom. The number of aliphatic hydroxyl groups excluding tert-OH is 1. The molecule has 0 spiro atoms. The number of nitrogen functional groups attached to an aromatic ring is 1. The largest absolute Gasteiger partial charge is 0.397 e. The lowest BCUT2D eigenvalue weighted by Gasteiger charge is -2.04. The lowest BCUT2D eigenvalue weighted by Crippen LogP contribution is -2.24. The van der Waals surface area contributed by atoms with Gasteiger partial charge in [0.05, 0.1) is 5.69 Å². The third-order valence-electron chi connectivity index (χ3n) is 3.08. The van der Waals surface area contributed by atoms with Gasteiger partial charge in [0.15, 0.2) is 0 Å². The number of thiophene rings is 1. The molecule has 2 heterocycles. The van der Waals surface area contributed by atoms with Gasteiger partial charge in [0, 0.05) is 24.7 Å². The fraction of sp³-hybridized carbons (Fsp3) is 0.429. The van der Waals surface area contributed by atoms with Gasteiger partial charge in [-0.05, 0) is 25.0 Å². The summed E-state index contributed by atoms with van der Waals surface area (Å²) in [5.74, 6) is -0.132. The van der Waals surface area contributed by atoms with Gasteiger partial charge in [-0.25, -0.2) is 4.98 Å². The summed E-state index contributed by atoms with van der Waals surface area (Å²) in [4.78, 5) is 17.6. The minimum Gasteiger partial charge on any atom is -0.397 e. The van der Waals surface area contributed by atoms with Gasteiger partial charge in [-0.2, -0.15) is 0 Å². The number of nitrogens with zero attached hydrogens (tertiary/aromatic N) is 1. The highest BCUT2D eigenvalue weighted by Crippen LogP contribution is 2.31. The molecule has 0 saturated carbocycles. The van der Waals surface area contributed by atoms with Crippen molar-refractivity contribution in [3.05, 3.63) is 23.2 Å². The Balaban J connectivity index is 1.89. The number of carbonyl (C=O) groups is 1. The van der Waals surface area contributed by atoms with E-state index in [0.29, 0.717) is 17.1 Å². The maximum Gasteiger partial charge on any atom is 0.263 e. The highest BCUT2D eigenvalue weighted by Gasteiger charge is 2.16. The highest BCUT2D eigenvalue weighted by atomic mass is 32.1. The molecule has 0 aliphatic heterocycles. The van der Waals surface area contributed by atoms with Crippen LogP contribution in [0.25, 0.3) is 10.2 Å². The van der Waals surface area contributed by atoms with Gasteiger partial charge in [0.25, 0.3) is 5.91 Å². The molecule has 2 aromatic rings. The minimum atomic E-state index is -0.132. The summed E-state index contributed by atoms with van der Waals surface area (Å²) in [5.41, 5.74) is 6.50. The van der Waals surface area contributed by atoms with E-state index >= 15 is 0 Å². The third kappa shape index (κ3) is 3.46. The molecule has 0 aromatic carbocycles. The number of pyridine rings is 1. The monoisotopic (exact) mass is 293 g/mol. The molecule has 5 nitrogen and oxygen atoms in total. The zero-order valence-corrected chi connectivity index (χ0v) is 12.1. The third-order valence-corrected chi connectivity index (χ3v) is 4.21. The number of fused-ring (bicyclic) bond motifs is 1. The number of nitrogens with two attached hydrogens (primary N) is 1. The zero-order valence-electron chi connectivity index (χ0n) is 11.3. The van der Waals surface area contributed by atoms with Crippen LogP contribution < -0.4 is 11.1 Å². The van der Waals surface area contributed by atoms with Crippen LogP contribution in [0, 0.1) is 0 Å². The number of aromatic nitrogens is 1. The van der Waals surface area contributed by atoms with Gasteiger partial charge in [0.2, 0.25) is 0 Å². The van der Waals surface area contributed by atoms with E-state index in [9.17, 15) is 4.79 Å². The first-order chi connectivity index (χ1) is 9.74. The Bertz CT molecular complexity index is 583. The average molecular weight is 293 g/mol. The first kappa shape index (κ1) is 14.7. The lowest BCUT2D eigenvalue weighted by atomic mass is 10.2. The predicted octanol–water partition coefficient (Wildman–Crippen LogP) is 2.16. The van der Waals surface area contributed by atoms with Crippen LogP contribution in [-0.4, -0.2) is 29.1 Å². The first-order valence-electron chi connectivity index (χ1n) is 6.76. The maximum atomic E-state index is 12.1. The number of carbonyl (C=O) groups excluding carboxylic acids is 1. The van der Waals surface area contributed by atoms with E-state index in [2.05, 4.69) is 10.3 Å². The van der Waals surface area contributed by atoms with Gasteiger partial charge in [-0.3, -0.25) is 4.79 Å². The second-order valence-electron chi connectivity index (χ2n) is 4.59. The average Bonchev–Trinajstić information content (AvgIpc) is 2.80. The molecule has 0 atom stereocenters. The summed E-state index contributed by atoms with van der Waals surface area (Å²) in [6.45, 7) is 0.864. The topological polar surface area (TPSA) is 88.2 Å². The lowest BCUT2D eigenvalue weighted by molar-refractivity contribution is 0.0957. The van der Waals surface area contributed by atoms with Crippen molar-refractivity contribution in [1.82, 2.24) is 10.3 Å². The normalized spacial score (nSPS) is 10.8. The van der Waals surface area contributed by atoms with E-state index in [4.69, 9.17) is 10.8 Å². The van der Waals surface area contributed by atoms with Crippen LogP contribution in [0.2, 0.25) is 0 Å². The SMILES string of the molecule is Nc1c(C(=O)NCCCCCCO)sc2ncccc12. The van der Waals surface area contributed by atoms with Gasteiger partial charge in [0.1, 0.15) is 9.71 Å². The predicted molar refractivity (Wildman–Crippen MR) is 81.9 cm³/mol. The molecule has 2 rings (SSSR count). The van der Waals surface area contributed by atoms with Gasteiger partial charge in [-0.1, -0.05) is 12.8 Å². The highest BCUT2D eigenvalue weighted by molar-refractivity contribution is 7.21. The van der Waals surface area contributed by atoms with Crippen LogP contribution >= 0.6 is 11.3 Å². The molecule has 6 heteroatoms. The fourth-order valence-corrected chi connectivity index (χ4v) is 2.97. The van der Waals surface area contributed by atoms with Gasteiger partial charge < -0.3 is 16.2 Å². The van der Waals surface area contributed by atoms with Crippen molar-refractivity contribution in [1.29, 1.82) is 0 Å². The van der Waals surface area contributed by atoms with Crippen LogP contribution in [-0.2, 0) is 0 Å². The van der Waals surface area contributed by atoms with Gasteiger partial charge >= 0.3 is 0 Å². The Kier molecular flexibility index (Phi) is 5.31. The second-order valence-corrected chi connectivity index (χ2v) is 5.59. The standard InChI is InChI=1S/C14H19N3O2S/c15-11-10-6-5-8-17-14(10)20-12(11)13(19)16-7-3-1-2-4-9-18/h5-6,8,18H,1-4,7,9,15H2,(H,16,19). The number of anilines is 1. The summed E-state index contributed by atoms with van der Waals surface area (Å²) in [7, 11) is 0. The number of hydrogen-bond acceptors (Lipinski definition) is 5. The summed E-state index contributed by atoms with van der Waals surface area (Å²) in [6.07, 6.45) is 5.42. The molecule has 1 amide bonds. The first-order valence-corrected chi connectivity index (χ1v) is 7.57. The summed E-state index contributed by atoms with van der Waals surface area (Å²) < 4.78 is 0. The van der Waals surface area contributed by atoms with E-state index < -0.39 is 0 Å². The van der Waals surface area contributed by atoms with E-state index in [1.165, 1.54) is 11.3 Å². The number of unbranched alkanes of at least 4 members (excludes halogenated alkanes) is 3. The van der Waals surface area contributed by atoms with E-state index in [1.54, 1.807) is 6.20 Å². The second kappa shape index (κ2) is 7.21. The molecule has 0 saturated heterocycles. The van der Waals surface area contributed by atoms with Crippen LogP contribution in [0.3, 0.4) is 0 Å². The fourth-order valence-electron chi connectivity index (χ4n) is 1.99. The van der Waals surface area contributed by atoms with Crippen LogP contribution in [0.5, 0.6) is 0 Å². The molecule has 0 fully saturated rings. The van der Waals surface area contributed by atoms with Crippen LogP contribution in [0.15, 0.2) is 18.3 Å². The van der Waals surface area contributed by atoms with Crippen molar-refractivity contribution in [2.75, 3.05) is 18.9 Å². The van der Waals surface area contributed by atoms with Crippen molar-refractivity contribution in [2.24, 2.45) is 0 Å². The molecule has 0 unspecified atom stereocenters. The molecule has 2 aromatic heterocycles. The van der Waals surface area contributed by atoms with E-state index in [-0.39, 0.29) is 12.5 Å². The number of rotatable bonds is 7. The molecular formula is C14H19N3O2S. The Hall–Kier alpha value is -1.66. The zero-order chi connectivity index (χ0) is 14.4. The molecule has 0 aliphatic carbocycles. The number of aliphatic hydroxyl groups is 1. The molecule has 0 radical (unpaired) electrons. The Morgan fingerprint density at radius 3 is 2.90 bits per heavy atom. The number of hydrogen-bond donors (Lipinski definition) is 3. The number of nitrogens with one attached hydrogen (secondary N) is 1. The molecule has 20 heavy (non-hydrogen) atoms. The Morgan fingerprint density at radius 1 is 1.35 bits per heavy atom. The molecule has 108 valence electrons. The minimum absolute atomic E-state index is 0.132. The van der Waals surface area contributed by atoms with Crippen molar-refractivity contribution in [3.8, 4) is 0 Å². The molecular weight excluding hydrogens is 274 g/mol. The smallest absolute Gasteiger partial charge is 0.263 e. The quantitative estimate of drug-likeness (QED) is 0.683.